The number of carbonyl (C=O) groups is 1. The third-order valence-corrected chi connectivity index (χ3v) is 5.32. The van der Waals surface area contributed by atoms with Gasteiger partial charge in [-0.25, -0.2) is 19.6 Å². The van der Waals surface area contributed by atoms with E-state index in [1.54, 1.807) is 18.2 Å². The van der Waals surface area contributed by atoms with Gasteiger partial charge in [0.2, 0.25) is 0 Å². The van der Waals surface area contributed by atoms with E-state index in [1.807, 2.05) is 52.0 Å². The number of aromatic nitrogens is 4. The summed E-state index contributed by atoms with van der Waals surface area (Å²) in [6.07, 6.45) is 5.93. The molecule has 164 valence electrons. The van der Waals surface area contributed by atoms with Crippen molar-refractivity contribution in [2.24, 2.45) is 0 Å². The summed E-state index contributed by atoms with van der Waals surface area (Å²) >= 11 is 1.33. The third kappa shape index (κ3) is 6.32. The van der Waals surface area contributed by atoms with Crippen molar-refractivity contribution in [1.29, 1.82) is 0 Å². The zero-order chi connectivity index (χ0) is 23.0. The lowest BCUT2D eigenvalue weighted by atomic mass is 10.1. The number of imidazole rings is 1. The van der Waals surface area contributed by atoms with E-state index in [4.69, 9.17) is 10.8 Å². The number of allylic oxidation sites excluding steroid dienone is 4. The monoisotopic (exact) mass is 441 g/mol. The maximum atomic E-state index is 12.2. The summed E-state index contributed by atoms with van der Waals surface area (Å²) in [6.45, 7) is 8.25. The highest BCUT2D eigenvalue weighted by atomic mass is 32.2. The summed E-state index contributed by atoms with van der Waals surface area (Å²) < 4.78 is 1.53. The summed E-state index contributed by atoms with van der Waals surface area (Å²) in [6, 6.07) is 6.68. The first-order chi connectivity index (χ1) is 14.8. The predicted octanol–water partition coefficient (Wildman–Crippen LogP) is 4.24. The second-order valence-corrected chi connectivity index (χ2v) is 7.64. The fourth-order valence-electron chi connectivity index (χ4n) is 2.52. The first kappa shape index (κ1) is 23.9. The number of aromatic carboxylic acids is 1. The molecule has 0 saturated heterocycles. The van der Waals surface area contributed by atoms with Gasteiger partial charge in [0.15, 0.2) is 16.6 Å². The second-order valence-electron chi connectivity index (χ2n) is 6.70. The van der Waals surface area contributed by atoms with Gasteiger partial charge in [0, 0.05) is 12.3 Å². The van der Waals surface area contributed by atoms with Crippen molar-refractivity contribution >= 4 is 34.7 Å². The smallest absolute Gasteiger partial charge is 0.335 e. The number of fused-ring (bicyclic) bond motifs is 1. The van der Waals surface area contributed by atoms with Gasteiger partial charge in [-0.3, -0.25) is 4.57 Å². The molecule has 1 aromatic carbocycles. The van der Waals surface area contributed by atoms with Crippen molar-refractivity contribution in [2.45, 2.75) is 45.1 Å². The molecule has 0 fully saturated rings. The van der Waals surface area contributed by atoms with E-state index in [9.17, 15) is 9.59 Å². The molecule has 0 amide bonds. The van der Waals surface area contributed by atoms with Gasteiger partial charge < -0.3 is 15.8 Å². The van der Waals surface area contributed by atoms with Crippen LogP contribution in [0.1, 0.15) is 43.6 Å². The van der Waals surface area contributed by atoms with Gasteiger partial charge in [-0.1, -0.05) is 47.7 Å². The van der Waals surface area contributed by atoms with Crippen molar-refractivity contribution in [3.63, 3.8) is 0 Å². The van der Waals surface area contributed by atoms with Crippen LogP contribution >= 0.6 is 11.8 Å². The summed E-state index contributed by atoms with van der Waals surface area (Å²) in [5.41, 5.74) is 8.66. The molecule has 0 aliphatic carbocycles. The number of carboxylic acids is 1. The number of H-pyrrole nitrogens is 1. The average Bonchev–Trinajstić information content (AvgIpc) is 3.08. The van der Waals surface area contributed by atoms with Crippen LogP contribution in [-0.4, -0.2) is 30.6 Å². The maximum absolute atomic E-state index is 12.2. The molecule has 0 atom stereocenters. The molecule has 0 bridgehead atoms. The Kier molecular flexibility index (Phi) is 8.63. The minimum Gasteiger partial charge on any atom is -0.478 e. The summed E-state index contributed by atoms with van der Waals surface area (Å²) in [5.74, 6) is -0.288. The summed E-state index contributed by atoms with van der Waals surface area (Å²) in [5, 5.41) is 9.51. The maximum Gasteiger partial charge on any atom is 0.335 e. The van der Waals surface area contributed by atoms with Crippen molar-refractivity contribution in [2.75, 3.05) is 5.73 Å². The van der Waals surface area contributed by atoms with Gasteiger partial charge in [0.1, 0.15) is 5.52 Å². The number of rotatable bonds is 6. The Hall–Kier alpha value is -3.33. The molecule has 9 heteroatoms. The quantitative estimate of drug-likeness (QED) is 0.296. The molecule has 0 spiro atoms. The molecule has 0 aliphatic heterocycles. The van der Waals surface area contributed by atoms with Crippen LogP contribution in [0.4, 0.5) is 5.82 Å². The van der Waals surface area contributed by atoms with Crippen LogP contribution < -0.4 is 11.4 Å². The van der Waals surface area contributed by atoms with Gasteiger partial charge in [0.05, 0.1) is 5.56 Å². The molecule has 0 saturated carbocycles. The Morgan fingerprint density at radius 1 is 1.26 bits per heavy atom. The number of nitrogens with two attached hydrogens (primary N) is 1. The number of nitrogen functional groups attached to an aromatic ring is 1. The zero-order valence-electron chi connectivity index (χ0n) is 18.0. The highest BCUT2D eigenvalue weighted by molar-refractivity contribution is 7.98. The molecular formula is C22H27N5O3S. The number of hydrogen-bond donors (Lipinski definition) is 3. The highest BCUT2D eigenvalue weighted by Crippen LogP contribution is 2.24. The fourth-order valence-corrected chi connectivity index (χ4v) is 3.31. The molecule has 0 unspecified atom stereocenters. The van der Waals surface area contributed by atoms with Gasteiger partial charge in [-0.2, -0.15) is 0 Å². The predicted molar refractivity (Wildman–Crippen MR) is 125 cm³/mol. The van der Waals surface area contributed by atoms with Gasteiger partial charge >= 0.3 is 11.7 Å². The number of nitrogens with zero attached hydrogens (tertiary/aromatic N) is 3. The normalized spacial score (nSPS) is 11.5. The van der Waals surface area contributed by atoms with Crippen LogP contribution in [0.3, 0.4) is 0 Å². The number of anilines is 1. The number of carboxylic acid groups (broad SMARTS) is 1. The van der Waals surface area contributed by atoms with E-state index in [0.29, 0.717) is 28.6 Å². The summed E-state index contributed by atoms with van der Waals surface area (Å²) in [4.78, 5) is 34.7. The van der Waals surface area contributed by atoms with Crippen molar-refractivity contribution < 1.29 is 9.90 Å². The number of nitrogens with one attached hydrogen (secondary N) is 1. The van der Waals surface area contributed by atoms with Crippen LogP contribution in [-0.2, 0) is 12.3 Å². The molecule has 2 heterocycles. The standard InChI is InChI=1S/C18H19N5O3S.C4H8/c1-3-10(2)8-23-15-13(20-18(23)26)14(19)21-17(22-15)27-9-11-5-4-6-12(7-11)16(24)25;1-3-4-2/h3-7H,8-9H2,1-2H3,(H,20,26)(H,24,25)(H2,19,21,22);3-4H,1-2H3/b10-3+;4-3-. The molecule has 8 nitrogen and oxygen atoms in total. The molecule has 31 heavy (non-hydrogen) atoms. The molecule has 0 radical (unpaired) electrons. The van der Waals surface area contributed by atoms with E-state index >= 15 is 0 Å². The van der Waals surface area contributed by atoms with Gasteiger partial charge in [-0.15, -0.1) is 0 Å². The first-order valence-electron chi connectivity index (χ1n) is 9.70. The van der Waals surface area contributed by atoms with Crippen molar-refractivity contribution in [3.05, 3.63) is 69.7 Å². The molecule has 3 aromatic rings. The Bertz CT molecular complexity index is 1170. The van der Waals surface area contributed by atoms with E-state index in [2.05, 4.69) is 15.0 Å². The lowest BCUT2D eigenvalue weighted by Gasteiger charge is -2.06. The van der Waals surface area contributed by atoms with Crippen LogP contribution in [0.15, 0.2) is 58.0 Å². The largest absolute Gasteiger partial charge is 0.478 e. The first-order valence-corrected chi connectivity index (χ1v) is 10.7. The van der Waals surface area contributed by atoms with Crippen LogP contribution in [0, 0.1) is 0 Å². The summed E-state index contributed by atoms with van der Waals surface area (Å²) in [7, 11) is 0. The number of benzene rings is 1. The molecule has 2 aromatic heterocycles. The van der Waals surface area contributed by atoms with E-state index < -0.39 is 5.97 Å². The highest BCUT2D eigenvalue weighted by Gasteiger charge is 2.14. The zero-order valence-corrected chi connectivity index (χ0v) is 18.9. The molecule has 3 rings (SSSR count). The van der Waals surface area contributed by atoms with Gasteiger partial charge in [0.25, 0.3) is 0 Å². The SMILES string of the molecule is C/C=C(\C)Cn1c(=O)[nH]c2c(N)nc(SCc3cccc(C(=O)O)c3)nc21.C/C=C\C. The Labute approximate surface area is 184 Å². The number of hydrogen-bond acceptors (Lipinski definition) is 6. The second kappa shape index (κ2) is 11.2. The van der Waals surface area contributed by atoms with E-state index in [1.165, 1.54) is 16.3 Å². The van der Waals surface area contributed by atoms with Crippen molar-refractivity contribution in [1.82, 2.24) is 19.5 Å². The Balaban J connectivity index is 0.000000785. The number of aromatic amines is 1. The number of thioether (sulfide) groups is 1. The third-order valence-electron chi connectivity index (χ3n) is 4.41. The lowest BCUT2D eigenvalue weighted by Crippen LogP contribution is -2.17. The van der Waals surface area contributed by atoms with Crippen molar-refractivity contribution in [3.8, 4) is 0 Å². The van der Waals surface area contributed by atoms with E-state index in [0.717, 1.165) is 11.1 Å². The van der Waals surface area contributed by atoms with Crippen LogP contribution in [0.5, 0.6) is 0 Å². The molecule has 4 N–H and O–H groups in total. The van der Waals surface area contributed by atoms with Crippen LogP contribution in [0.2, 0.25) is 0 Å². The fraction of sp³-hybridized carbons (Fsp3) is 0.273. The van der Waals surface area contributed by atoms with Crippen LogP contribution in [0.25, 0.3) is 11.2 Å². The molecule has 0 aliphatic rings. The topological polar surface area (TPSA) is 127 Å². The Morgan fingerprint density at radius 3 is 2.58 bits per heavy atom. The minimum absolute atomic E-state index is 0.204. The lowest BCUT2D eigenvalue weighted by molar-refractivity contribution is 0.0696. The van der Waals surface area contributed by atoms with Gasteiger partial charge in [-0.05, 0) is 45.4 Å². The average molecular weight is 442 g/mol. The van der Waals surface area contributed by atoms with E-state index in [-0.39, 0.29) is 17.1 Å². The minimum atomic E-state index is -0.973. The Morgan fingerprint density at radius 2 is 1.97 bits per heavy atom. The molecular weight excluding hydrogens is 414 g/mol.